The van der Waals surface area contributed by atoms with Gasteiger partial charge in [0.05, 0.1) is 12.3 Å². The van der Waals surface area contributed by atoms with Crippen LogP contribution in [0.1, 0.15) is 23.3 Å². The molecule has 2 heterocycles. The summed E-state index contributed by atoms with van der Waals surface area (Å²) >= 11 is 0. The molecule has 1 amide bonds. The zero-order valence-corrected chi connectivity index (χ0v) is 8.56. The van der Waals surface area contributed by atoms with Crippen molar-refractivity contribution in [1.82, 2.24) is 9.88 Å². The molecule has 16 heavy (non-hydrogen) atoms. The van der Waals surface area contributed by atoms with Crippen molar-refractivity contribution >= 4 is 5.91 Å². The molecule has 1 saturated heterocycles. The number of carbonyl (C=O) groups excluding carboxylic acids is 1. The maximum Gasteiger partial charge on any atom is 0.273 e. The van der Waals surface area contributed by atoms with Crippen LogP contribution in [0.2, 0.25) is 0 Å². The average Bonchev–Trinajstić information content (AvgIpc) is 2.77. The van der Waals surface area contributed by atoms with Crippen molar-refractivity contribution in [2.75, 3.05) is 6.54 Å². The first-order valence-corrected chi connectivity index (χ1v) is 5.04. The molecular formula is C11H10FN3O. The molecular weight excluding hydrogens is 209 g/mol. The molecule has 2 rings (SSSR count). The normalized spacial score (nSPS) is 19.5. The van der Waals surface area contributed by atoms with Crippen molar-refractivity contribution in [3.8, 4) is 6.07 Å². The van der Waals surface area contributed by atoms with Crippen LogP contribution >= 0.6 is 0 Å². The molecule has 82 valence electrons. The Hall–Kier alpha value is -1.96. The van der Waals surface area contributed by atoms with Crippen LogP contribution in [0.5, 0.6) is 0 Å². The third-order valence-corrected chi connectivity index (χ3v) is 2.61. The van der Waals surface area contributed by atoms with Crippen molar-refractivity contribution in [3.05, 3.63) is 29.8 Å². The van der Waals surface area contributed by atoms with E-state index in [2.05, 4.69) is 11.1 Å². The summed E-state index contributed by atoms with van der Waals surface area (Å²) in [6.07, 6.45) is 2.53. The van der Waals surface area contributed by atoms with Crippen LogP contribution in [0, 0.1) is 17.1 Å². The molecule has 0 spiro atoms. The van der Waals surface area contributed by atoms with E-state index in [1.54, 1.807) is 0 Å². The van der Waals surface area contributed by atoms with Crippen molar-refractivity contribution in [2.24, 2.45) is 0 Å². The van der Waals surface area contributed by atoms with Crippen LogP contribution < -0.4 is 0 Å². The number of nitriles is 1. The smallest absolute Gasteiger partial charge is 0.273 e. The van der Waals surface area contributed by atoms with Crippen molar-refractivity contribution in [2.45, 2.75) is 18.9 Å². The lowest BCUT2D eigenvalue weighted by atomic mass is 10.2. The van der Waals surface area contributed by atoms with Gasteiger partial charge in [0.25, 0.3) is 5.91 Å². The van der Waals surface area contributed by atoms with Crippen LogP contribution in [0.25, 0.3) is 0 Å². The molecule has 0 radical (unpaired) electrons. The highest BCUT2D eigenvalue weighted by molar-refractivity contribution is 5.92. The zero-order chi connectivity index (χ0) is 11.5. The molecule has 1 aliphatic rings. The highest BCUT2D eigenvalue weighted by Crippen LogP contribution is 2.18. The molecule has 1 aromatic rings. The van der Waals surface area contributed by atoms with Crippen molar-refractivity contribution in [3.63, 3.8) is 0 Å². The largest absolute Gasteiger partial charge is 0.321 e. The number of halogens is 1. The van der Waals surface area contributed by atoms with E-state index >= 15 is 0 Å². The summed E-state index contributed by atoms with van der Waals surface area (Å²) in [5.41, 5.74) is 0.184. The predicted octanol–water partition coefficient (Wildman–Crippen LogP) is 1.35. The summed E-state index contributed by atoms with van der Waals surface area (Å²) in [6.45, 7) is 0.566. The molecule has 1 aromatic heterocycles. The van der Waals surface area contributed by atoms with E-state index in [0.29, 0.717) is 13.0 Å². The fraction of sp³-hybridized carbons (Fsp3) is 0.364. The lowest BCUT2D eigenvalue weighted by Gasteiger charge is -2.18. The predicted molar refractivity (Wildman–Crippen MR) is 53.9 cm³/mol. The molecule has 0 N–H and O–H groups in total. The SMILES string of the molecule is N#CC1CCCN1C(=O)c1ccc(F)cn1. The van der Waals surface area contributed by atoms with Gasteiger partial charge in [0.1, 0.15) is 17.6 Å². The van der Waals surface area contributed by atoms with Gasteiger partial charge in [0.15, 0.2) is 0 Å². The van der Waals surface area contributed by atoms with E-state index in [0.717, 1.165) is 12.6 Å². The lowest BCUT2D eigenvalue weighted by Crippen LogP contribution is -2.35. The minimum atomic E-state index is -0.477. The fourth-order valence-electron chi connectivity index (χ4n) is 1.79. The first-order chi connectivity index (χ1) is 7.72. The maximum absolute atomic E-state index is 12.6. The van der Waals surface area contributed by atoms with Gasteiger partial charge in [-0.2, -0.15) is 5.26 Å². The summed E-state index contributed by atoms with van der Waals surface area (Å²) in [5.74, 6) is -0.779. The molecule has 1 fully saturated rings. The number of hydrogen-bond acceptors (Lipinski definition) is 3. The Morgan fingerprint density at radius 3 is 3.06 bits per heavy atom. The second-order valence-electron chi connectivity index (χ2n) is 3.65. The summed E-state index contributed by atoms with van der Waals surface area (Å²) in [5, 5.41) is 8.85. The molecule has 0 saturated carbocycles. The van der Waals surface area contributed by atoms with Crippen molar-refractivity contribution < 1.29 is 9.18 Å². The Kier molecular flexibility index (Phi) is 2.82. The van der Waals surface area contributed by atoms with E-state index < -0.39 is 5.82 Å². The monoisotopic (exact) mass is 219 g/mol. The van der Waals surface area contributed by atoms with Gasteiger partial charge in [-0.1, -0.05) is 0 Å². The molecule has 1 unspecified atom stereocenters. The minimum Gasteiger partial charge on any atom is -0.321 e. The van der Waals surface area contributed by atoms with Gasteiger partial charge >= 0.3 is 0 Å². The van der Waals surface area contributed by atoms with Crippen molar-refractivity contribution in [1.29, 1.82) is 5.26 Å². The van der Waals surface area contributed by atoms with E-state index in [-0.39, 0.29) is 17.6 Å². The average molecular weight is 219 g/mol. The maximum atomic E-state index is 12.6. The summed E-state index contributed by atoms with van der Waals surface area (Å²) < 4.78 is 12.6. The first kappa shape index (κ1) is 10.6. The van der Waals surface area contributed by atoms with E-state index in [4.69, 9.17) is 5.26 Å². The molecule has 4 nitrogen and oxygen atoms in total. The fourth-order valence-corrected chi connectivity index (χ4v) is 1.79. The van der Waals surface area contributed by atoms with Gasteiger partial charge in [0, 0.05) is 6.54 Å². The zero-order valence-electron chi connectivity index (χ0n) is 8.56. The van der Waals surface area contributed by atoms with Gasteiger partial charge < -0.3 is 4.90 Å². The second kappa shape index (κ2) is 4.27. The van der Waals surface area contributed by atoms with Gasteiger partial charge in [-0.25, -0.2) is 9.37 Å². The summed E-state index contributed by atoms with van der Waals surface area (Å²) in [4.78, 5) is 17.1. The van der Waals surface area contributed by atoms with E-state index in [9.17, 15) is 9.18 Å². The highest BCUT2D eigenvalue weighted by Gasteiger charge is 2.29. The van der Waals surface area contributed by atoms with Crippen LogP contribution in [0.3, 0.4) is 0 Å². The number of rotatable bonds is 1. The van der Waals surface area contributed by atoms with Gasteiger partial charge in [-0.15, -0.1) is 0 Å². The molecule has 0 bridgehead atoms. The Morgan fingerprint density at radius 2 is 2.44 bits per heavy atom. The van der Waals surface area contributed by atoms with E-state index in [1.807, 2.05) is 0 Å². The summed E-state index contributed by atoms with van der Waals surface area (Å²) in [7, 11) is 0. The third-order valence-electron chi connectivity index (χ3n) is 2.61. The number of aromatic nitrogens is 1. The standard InChI is InChI=1S/C11H10FN3O/c12-8-3-4-10(14-7-8)11(16)15-5-1-2-9(15)6-13/h3-4,7,9H,1-2,5H2. The number of amides is 1. The first-order valence-electron chi connectivity index (χ1n) is 5.04. The van der Waals surface area contributed by atoms with Crippen LogP contribution in [0.15, 0.2) is 18.3 Å². The number of nitrogens with zero attached hydrogens (tertiary/aromatic N) is 3. The Morgan fingerprint density at radius 1 is 1.62 bits per heavy atom. The number of hydrogen-bond donors (Lipinski definition) is 0. The van der Waals surface area contributed by atoms with Crippen LogP contribution in [0.4, 0.5) is 4.39 Å². The van der Waals surface area contributed by atoms with Crippen LogP contribution in [-0.2, 0) is 0 Å². The van der Waals surface area contributed by atoms with Gasteiger partial charge in [0.2, 0.25) is 0 Å². The molecule has 1 aliphatic heterocycles. The highest BCUT2D eigenvalue weighted by atomic mass is 19.1. The molecule has 0 aromatic carbocycles. The van der Waals surface area contributed by atoms with Crippen LogP contribution in [-0.4, -0.2) is 28.4 Å². The summed E-state index contributed by atoms with van der Waals surface area (Å²) in [6, 6.07) is 4.23. The molecule has 5 heteroatoms. The Balaban J connectivity index is 2.19. The number of likely N-dealkylation sites (tertiary alicyclic amines) is 1. The molecule has 0 aliphatic carbocycles. The van der Waals surface area contributed by atoms with E-state index in [1.165, 1.54) is 17.0 Å². The number of carbonyl (C=O) groups is 1. The Labute approximate surface area is 92.3 Å². The minimum absolute atomic E-state index is 0.184. The Bertz CT molecular complexity index is 438. The topological polar surface area (TPSA) is 57.0 Å². The molecule has 1 atom stereocenters. The quantitative estimate of drug-likeness (QED) is 0.716. The van der Waals surface area contributed by atoms with Gasteiger partial charge in [-0.05, 0) is 25.0 Å². The number of pyridine rings is 1. The lowest BCUT2D eigenvalue weighted by molar-refractivity contribution is 0.0759. The third kappa shape index (κ3) is 1.87. The van der Waals surface area contributed by atoms with Gasteiger partial charge in [-0.3, -0.25) is 4.79 Å². The second-order valence-corrected chi connectivity index (χ2v) is 3.65.